The monoisotopic (exact) mass is 909 g/mol. The fourth-order valence-electron chi connectivity index (χ4n) is 8.11. The Morgan fingerprint density at radius 2 is 0.726 bits per heavy atom. The molecule has 0 saturated heterocycles. The highest BCUT2D eigenvalue weighted by molar-refractivity contribution is 7.47. The summed E-state index contributed by atoms with van der Waals surface area (Å²) < 4.78 is 33.6. The van der Waals surface area contributed by atoms with Gasteiger partial charge in [-0.05, 0) is 12.8 Å². The first-order valence-electron chi connectivity index (χ1n) is 25.3. The molecule has 1 rings (SSSR count). The number of ether oxygens (including phenoxy) is 2. The SMILES string of the molecule is CCCCCCCCCCCCCCCCCCCCC(=O)OC[C@H](COP(=O)(O)OC1C(O)C(O)C(O)[C@@H](O)C1O)OC(=O)CCCCCCCCCCCCCCCCC. The second kappa shape index (κ2) is 39.1. The van der Waals surface area contributed by atoms with Crippen LogP contribution in [0.1, 0.15) is 239 Å². The van der Waals surface area contributed by atoms with Gasteiger partial charge in [0.15, 0.2) is 6.10 Å². The van der Waals surface area contributed by atoms with Gasteiger partial charge in [0.25, 0.3) is 0 Å². The third kappa shape index (κ3) is 30.9. The number of carbonyl (C=O) groups excluding carboxylic acids is 2. The molecule has 0 aromatic heterocycles. The fourth-order valence-corrected chi connectivity index (χ4v) is 9.09. The van der Waals surface area contributed by atoms with Crippen LogP contribution in [-0.4, -0.2) is 98.3 Å². The van der Waals surface area contributed by atoms with E-state index in [0.29, 0.717) is 12.8 Å². The van der Waals surface area contributed by atoms with Crippen molar-refractivity contribution in [1.29, 1.82) is 0 Å². The highest BCUT2D eigenvalue weighted by Gasteiger charge is 2.51. The smallest absolute Gasteiger partial charge is 0.462 e. The maximum atomic E-state index is 12.8. The van der Waals surface area contributed by atoms with Crippen LogP contribution < -0.4 is 0 Å². The Bertz CT molecular complexity index is 1100. The minimum atomic E-state index is -5.11. The Morgan fingerprint density at radius 1 is 0.435 bits per heavy atom. The predicted molar refractivity (Wildman–Crippen MR) is 244 cm³/mol. The fraction of sp³-hybridized carbons (Fsp3) is 0.958. The molecule has 1 aliphatic rings. The number of phosphoric acid groups is 1. The normalized spacial score (nSPS) is 21.7. The van der Waals surface area contributed by atoms with Crippen molar-refractivity contribution in [2.75, 3.05) is 13.2 Å². The molecule has 6 N–H and O–H groups in total. The molecule has 13 nitrogen and oxygen atoms in total. The number of phosphoric ester groups is 1. The molecule has 0 aliphatic heterocycles. The van der Waals surface area contributed by atoms with Gasteiger partial charge in [-0.15, -0.1) is 0 Å². The molecule has 0 amide bonds. The lowest BCUT2D eigenvalue weighted by Crippen LogP contribution is -2.64. The Hall–Kier alpha value is -1.15. The van der Waals surface area contributed by atoms with Crippen LogP contribution in [0.15, 0.2) is 0 Å². The van der Waals surface area contributed by atoms with Crippen LogP contribution in [0, 0.1) is 0 Å². The topological polar surface area (TPSA) is 210 Å². The lowest BCUT2D eigenvalue weighted by Gasteiger charge is -2.41. The van der Waals surface area contributed by atoms with Gasteiger partial charge in [0.2, 0.25) is 0 Å². The maximum Gasteiger partial charge on any atom is 0.472 e. The maximum absolute atomic E-state index is 12.8. The molecule has 0 bridgehead atoms. The minimum absolute atomic E-state index is 0.105. The molecule has 1 fully saturated rings. The molecule has 1 aliphatic carbocycles. The van der Waals surface area contributed by atoms with Crippen molar-refractivity contribution in [3.63, 3.8) is 0 Å². The lowest BCUT2D eigenvalue weighted by atomic mass is 9.85. The van der Waals surface area contributed by atoms with Gasteiger partial charge in [-0.3, -0.25) is 18.6 Å². The van der Waals surface area contributed by atoms with E-state index in [0.717, 1.165) is 38.5 Å². The second-order valence-corrected chi connectivity index (χ2v) is 19.4. The van der Waals surface area contributed by atoms with E-state index >= 15 is 0 Å². The van der Waals surface area contributed by atoms with Gasteiger partial charge in [0.05, 0.1) is 6.61 Å². The van der Waals surface area contributed by atoms with Crippen molar-refractivity contribution in [3.05, 3.63) is 0 Å². The predicted octanol–water partition coefficient (Wildman–Crippen LogP) is 10.5. The number of aliphatic hydroxyl groups excluding tert-OH is 5. The van der Waals surface area contributed by atoms with Gasteiger partial charge in [-0.1, -0.05) is 213 Å². The van der Waals surface area contributed by atoms with E-state index in [2.05, 4.69) is 13.8 Å². The van der Waals surface area contributed by atoms with E-state index in [1.807, 2.05) is 0 Å². The Morgan fingerprint density at radius 3 is 1.06 bits per heavy atom. The molecule has 62 heavy (non-hydrogen) atoms. The summed E-state index contributed by atoms with van der Waals surface area (Å²) in [5, 5.41) is 50.2. The average Bonchev–Trinajstić information content (AvgIpc) is 3.25. The molecule has 0 spiro atoms. The first-order chi connectivity index (χ1) is 29.9. The number of carbonyl (C=O) groups is 2. The third-order valence-electron chi connectivity index (χ3n) is 12.2. The van der Waals surface area contributed by atoms with E-state index in [4.69, 9.17) is 18.5 Å². The standard InChI is InChI=1S/C48H93O13P/c1-3-5-7-9-11-13-15-17-19-20-21-23-24-26-28-30-32-34-36-41(49)58-38-40(39-59-62(56,57)61-48-46(54)44(52)43(51)45(53)47(48)55)60-42(50)37-35-33-31-29-27-25-22-18-16-14-12-10-8-6-4-2/h40,43-48,51-55H,3-39H2,1-2H3,(H,56,57)/t40-,43?,44-,45?,46?,47?,48?/m1/s1. The number of hydrogen-bond donors (Lipinski definition) is 6. The van der Waals surface area contributed by atoms with Crippen molar-refractivity contribution in [2.24, 2.45) is 0 Å². The van der Waals surface area contributed by atoms with Crippen molar-refractivity contribution in [3.8, 4) is 0 Å². The van der Waals surface area contributed by atoms with Crippen LogP contribution >= 0.6 is 7.82 Å². The van der Waals surface area contributed by atoms with Crippen LogP contribution in [0.2, 0.25) is 0 Å². The van der Waals surface area contributed by atoms with Gasteiger partial charge in [-0.2, -0.15) is 0 Å². The summed E-state index contributed by atoms with van der Waals surface area (Å²) in [7, 11) is -5.11. The molecule has 6 unspecified atom stereocenters. The molecule has 8 atom stereocenters. The lowest BCUT2D eigenvalue weighted by molar-refractivity contribution is -0.220. The quantitative estimate of drug-likeness (QED) is 0.0191. The van der Waals surface area contributed by atoms with Gasteiger partial charge in [-0.25, -0.2) is 4.57 Å². The van der Waals surface area contributed by atoms with Gasteiger partial charge in [0.1, 0.15) is 43.2 Å². The molecular weight excluding hydrogens is 815 g/mol. The Kier molecular flexibility index (Phi) is 37.1. The number of aliphatic hydroxyl groups is 5. The van der Waals surface area contributed by atoms with Crippen molar-refractivity contribution in [2.45, 2.75) is 281 Å². The summed E-state index contributed by atoms with van der Waals surface area (Å²) in [4.78, 5) is 35.8. The average molecular weight is 909 g/mol. The second-order valence-electron chi connectivity index (χ2n) is 18.0. The summed E-state index contributed by atoms with van der Waals surface area (Å²) in [6.07, 6.45) is 27.2. The molecular formula is C48H93O13P. The van der Waals surface area contributed by atoms with Gasteiger partial charge < -0.3 is 39.9 Å². The first kappa shape index (κ1) is 58.9. The Labute approximate surface area is 376 Å². The van der Waals surface area contributed by atoms with Crippen molar-refractivity contribution in [1.82, 2.24) is 0 Å². The summed E-state index contributed by atoms with van der Waals surface area (Å²) in [5.74, 6) is -1.08. The van der Waals surface area contributed by atoms with Crippen molar-refractivity contribution < 1.29 is 63.1 Å². The number of hydrogen-bond acceptors (Lipinski definition) is 12. The van der Waals surface area contributed by atoms with E-state index in [-0.39, 0.29) is 12.8 Å². The molecule has 0 radical (unpaired) electrons. The summed E-state index contributed by atoms with van der Waals surface area (Å²) in [6.45, 7) is 3.34. The van der Waals surface area contributed by atoms with E-state index in [9.17, 15) is 44.6 Å². The van der Waals surface area contributed by atoms with Crippen LogP contribution in [0.5, 0.6) is 0 Å². The summed E-state index contributed by atoms with van der Waals surface area (Å²) in [6, 6.07) is 0. The zero-order chi connectivity index (χ0) is 45.7. The molecule has 0 aromatic rings. The summed E-state index contributed by atoms with van der Waals surface area (Å²) >= 11 is 0. The number of esters is 2. The van der Waals surface area contributed by atoms with Gasteiger partial charge >= 0.3 is 19.8 Å². The largest absolute Gasteiger partial charge is 0.472 e. The molecule has 368 valence electrons. The highest BCUT2D eigenvalue weighted by Crippen LogP contribution is 2.47. The number of rotatable bonds is 43. The van der Waals surface area contributed by atoms with Crippen LogP contribution in [0.25, 0.3) is 0 Å². The van der Waals surface area contributed by atoms with Crippen molar-refractivity contribution >= 4 is 19.8 Å². The molecule has 0 heterocycles. The van der Waals surface area contributed by atoms with E-state index < -0.39 is 75.7 Å². The Balaban J connectivity index is 2.39. The highest BCUT2D eigenvalue weighted by atomic mass is 31.2. The van der Waals surface area contributed by atoms with E-state index in [1.54, 1.807) is 0 Å². The minimum Gasteiger partial charge on any atom is -0.462 e. The zero-order valence-electron chi connectivity index (χ0n) is 39.2. The zero-order valence-corrected chi connectivity index (χ0v) is 40.1. The number of unbranched alkanes of at least 4 members (excludes halogenated alkanes) is 31. The molecule has 1 saturated carbocycles. The van der Waals surface area contributed by atoms with Crippen LogP contribution in [0.3, 0.4) is 0 Å². The summed E-state index contributed by atoms with van der Waals surface area (Å²) in [5.41, 5.74) is 0. The van der Waals surface area contributed by atoms with Crippen LogP contribution in [-0.2, 0) is 32.7 Å². The van der Waals surface area contributed by atoms with Crippen LogP contribution in [0.4, 0.5) is 0 Å². The van der Waals surface area contributed by atoms with Gasteiger partial charge in [0, 0.05) is 12.8 Å². The third-order valence-corrected chi connectivity index (χ3v) is 13.2. The van der Waals surface area contributed by atoms with E-state index in [1.165, 1.54) is 161 Å². The first-order valence-corrected chi connectivity index (χ1v) is 26.8. The molecule has 14 heteroatoms. The molecule has 0 aromatic carbocycles.